The molecule has 3 nitrogen and oxygen atoms in total. The SMILES string of the molecule is CCCCCCCNC(=S)NCc1ccco1. The first-order chi connectivity index (χ1) is 8.33. The van der Waals surface area contributed by atoms with Crippen molar-refractivity contribution in [2.45, 2.75) is 45.6 Å². The van der Waals surface area contributed by atoms with Gasteiger partial charge in [-0.2, -0.15) is 0 Å². The molecule has 0 aromatic carbocycles. The van der Waals surface area contributed by atoms with Crippen LogP contribution in [0, 0.1) is 0 Å². The standard InChI is InChI=1S/C13H22N2OS/c1-2-3-4-5-6-9-14-13(17)15-11-12-8-7-10-16-12/h7-8,10H,2-6,9,11H2,1H3,(H2,14,15,17). The molecule has 1 aromatic rings. The summed E-state index contributed by atoms with van der Waals surface area (Å²) in [5, 5.41) is 7.02. The van der Waals surface area contributed by atoms with Crippen molar-refractivity contribution < 1.29 is 4.42 Å². The molecule has 0 fully saturated rings. The topological polar surface area (TPSA) is 37.2 Å². The summed E-state index contributed by atoms with van der Waals surface area (Å²) in [5.74, 6) is 0.900. The fraction of sp³-hybridized carbons (Fsp3) is 0.615. The molecule has 0 aliphatic carbocycles. The van der Waals surface area contributed by atoms with Crippen LogP contribution in [0.2, 0.25) is 0 Å². The van der Waals surface area contributed by atoms with Crippen LogP contribution in [0.1, 0.15) is 44.8 Å². The first-order valence-electron chi connectivity index (χ1n) is 6.37. The highest BCUT2D eigenvalue weighted by molar-refractivity contribution is 7.80. The van der Waals surface area contributed by atoms with Crippen molar-refractivity contribution in [1.82, 2.24) is 10.6 Å². The molecule has 0 unspecified atom stereocenters. The second-order valence-corrected chi connectivity index (χ2v) is 4.51. The minimum atomic E-state index is 0.647. The molecule has 0 saturated heterocycles. The normalized spacial score (nSPS) is 10.2. The summed E-state index contributed by atoms with van der Waals surface area (Å²) in [4.78, 5) is 0. The second kappa shape index (κ2) is 9.05. The van der Waals surface area contributed by atoms with Crippen LogP contribution < -0.4 is 10.6 Å². The Hall–Kier alpha value is -1.03. The molecule has 0 spiro atoms. The van der Waals surface area contributed by atoms with Gasteiger partial charge in [-0.1, -0.05) is 32.6 Å². The highest BCUT2D eigenvalue weighted by Crippen LogP contribution is 2.01. The molecule has 1 aromatic heterocycles. The van der Waals surface area contributed by atoms with Gasteiger partial charge in [0.1, 0.15) is 5.76 Å². The highest BCUT2D eigenvalue weighted by Gasteiger charge is 1.97. The molecule has 17 heavy (non-hydrogen) atoms. The molecule has 0 aliphatic rings. The van der Waals surface area contributed by atoms with Crippen molar-refractivity contribution in [1.29, 1.82) is 0 Å². The van der Waals surface area contributed by atoms with E-state index in [9.17, 15) is 0 Å². The molecule has 1 rings (SSSR count). The van der Waals surface area contributed by atoms with Crippen LogP contribution in [-0.2, 0) is 6.54 Å². The molecule has 2 N–H and O–H groups in total. The number of unbranched alkanes of at least 4 members (excludes halogenated alkanes) is 4. The number of thiocarbonyl (C=S) groups is 1. The Bertz CT molecular complexity index is 298. The van der Waals surface area contributed by atoms with E-state index in [1.807, 2.05) is 12.1 Å². The third-order valence-electron chi connectivity index (χ3n) is 2.57. The number of rotatable bonds is 8. The van der Waals surface area contributed by atoms with Gasteiger partial charge in [0.05, 0.1) is 12.8 Å². The summed E-state index contributed by atoms with van der Waals surface area (Å²) in [5.41, 5.74) is 0. The average molecular weight is 254 g/mol. The van der Waals surface area contributed by atoms with Gasteiger partial charge in [-0.05, 0) is 30.8 Å². The largest absolute Gasteiger partial charge is 0.467 e. The number of furan rings is 1. The molecule has 0 aliphatic heterocycles. The van der Waals surface area contributed by atoms with Crippen LogP contribution >= 0.6 is 12.2 Å². The molecule has 0 bridgehead atoms. The zero-order valence-electron chi connectivity index (χ0n) is 10.5. The summed E-state index contributed by atoms with van der Waals surface area (Å²) >= 11 is 5.16. The second-order valence-electron chi connectivity index (χ2n) is 4.10. The molecule has 96 valence electrons. The Balaban J connectivity index is 1.94. The highest BCUT2D eigenvalue weighted by atomic mass is 32.1. The van der Waals surface area contributed by atoms with Crippen LogP contribution in [0.15, 0.2) is 22.8 Å². The zero-order chi connectivity index (χ0) is 12.3. The fourth-order valence-corrected chi connectivity index (χ4v) is 1.75. The summed E-state index contributed by atoms with van der Waals surface area (Å²) in [6.45, 7) is 3.83. The van der Waals surface area contributed by atoms with E-state index >= 15 is 0 Å². The van der Waals surface area contributed by atoms with E-state index in [-0.39, 0.29) is 0 Å². The van der Waals surface area contributed by atoms with E-state index < -0.39 is 0 Å². The Labute approximate surface area is 109 Å². The van der Waals surface area contributed by atoms with Crippen molar-refractivity contribution in [2.24, 2.45) is 0 Å². The predicted octanol–water partition coefficient (Wildman–Crippen LogP) is 3.21. The smallest absolute Gasteiger partial charge is 0.166 e. The van der Waals surface area contributed by atoms with E-state index in [1.165, 1.54) is 32.1 Å². The van der Waals surface area contributed by atoms with Crippen LogP contribution in [0.3, 0.4) is 0 Å². The lowest BCUT2D eigenvalue weighted by Gasteiger charge is -2.09. The van der Waals surface area contributed by atoms with Gasteiger partial charge in [0.2, 0.25) is 0 Å². The fourth-order valence-electron chi connectivity index (χ4n) is 1.57. The van der Waals surface area contributed by atoms with Crippen LogP contribution in [0.25, 0.3) is 0 Å². The average Bonchev–Trinajstić information content (AvgIpc) is 2.84. The Morgan fingerprint density at radius 2 is 2.06 bits per heavy atom. The summed E-state index contributed by atoms with van der Waals surface area (Å²) < 4.78 is 5.20. The predicted molar refractivity (Wildman–Crippen MR) is 74.9 cm³/mol. The van der Waals surface area contributed by atoms with E-state index in [0.29, 0.717) is 11.7 Å². The molecule has 0 radical (unpaired) electrons. The van der Waals surface area contributed by atoms with Crippen molar-refractivity contribution in [3.8, 4) is 0 Å². The van der Waals surface area contributed by atoms with Crippen molar-refractivity contribution >= 4 is 17.3 Å². The van der Waals surface area contributed by atoms with Gasteiger partial charge in [-0.3, -0.25) is 0 Å². The number of hydrogen-bond donors (Lipinski definition) is 2. The zero-order valence-corrected chi connectivity index (χ0v) is 11.3. The van der Waals surface area contributed by atoms with E-state index in [2.05, 4.69) is 17.6 Å². The Morgan fingerprint density at radius 3 is 2.76 bits per heavy atom. The molecular formula is C13H22N2OS. The minimum absolute atomic E-state index is 0.647. The molecular weight excluding hydrogens is 232 g/mol. The van der Waals surface area contributed by atoms with E-state index in [4.69, 9.17) is 16.6 Å². The lowest BCUT2D eigenvalue weighted by molar-refractivity contribution is 0.502. The minimum Gasteiger partial charge on any atom is -0.467 e. The monoisotopic (exact) mass is 254 g/mol. The lowest BCUT2D eigenvalue weighted by atomic mass is 10.1. The first-order valence-corrected chi connectivity index (χ1v) is 6.78. The van der Waals surface area contributed by atoms with E-state index in [0.717, 1.165) is 12.3 Å². The maximum Gasteiger partial charge on any atom is 0.166 e. The summed E-state index contributed by atoms with van der Waals surface area (Å²) in [6.07, 6.45) is 8.08. The first kappa shape index (κ1) is 14.0. The van der Waals surface area contributed by atoms with Crippen LogP contribution in [0.4, 0.5) is 0 Å². The lowest BCUT2D eigenvalue weighted by Crippen LogP contribution is -2.35. The quantitative estimate of drug-likeness (QED) is 0.552. The molecule has 0 saturated carbocycles. The van der Waals surface area contributed by atoms with Gasteiger partial charge in [-0.15, -0.1) is 0 Å². The molecule has 0 amide bonds. The maximum atomic E-state index is 5.20. The van der Waals surface area contributed by atoms with Gasteiger partial charge in [0.25, 0.3) is 0 Å². The van der Waals surface area contributed by atoms with Crippen LogP contribution in [0.5, 0.6) is 0 Å². The summed E-state index contributed by atoms with van der Waals surface area (Å²) in [6, 6.07) is 3.81. The maximum absolute atomic E-state index is 5.20. The Morgan fingerprint density at radius 1 is 1.24 bits per heavy atom. The van der Waals surface area contributed by atoms with E-state index in [1.54, 1.807) is 6.26 Å². The van der Waals surface area contributed by atoms with Gasteiger partial charge >= 0.3 is 0 Å². The molecule has 4 heteroatoms. The summed E-state index contributed by atoms with van der Waals surface area (Å²) in [7, 11) is 0. The van der Waals surface area contributed by atoms with Gasteiger partial charge in [0.15, 0.2) is 5.11 Å². The van der Waals surface area contributed by atoms with Crippen molar-refractivity contribution in [3.05, 3.63) is 24.2 Å². The van der Waals surface area contributed by atoms with Crippen molar-refractivity contribution in [3.63, 3.8) is 0 Å². The number of nitrogens with one attached hydrogen (secondary N) is 2. The van der Waals surface area contributed by atoms with Crippen molar-refractivity contribution in [2.75, 3.05) is 6.54 Å². The molecule has 0 atom stereocenters. The number of hydrogen-bond acceptors (Lipinski definition) is 2. The molecule has 1 heterocycles. The van der Waals surface area contributed by atoms with Gasteiger partial charge in [-0.25, -0.2) is 0 Å². The van der Waals surface area contributed by atoms with Gasteiger partial charge < -0.3 is 15.1 Å². The van der Waals surface area contributed by atoms with Crippen LogP contribution in [-0.4, -0.2) is 11.7 Å². The Kier molecular flexibility index (Phi) is 7.47. The van der Waals surface area contributed by atoms with Gasteiger partial charge in [0, 0.05) is 6.54 Å². The third kappa shape index (κ3) is 7.00. The third-order valence-corrected chi connectivity index (χ3v) is 2.86.